The van der Waals surface area contributed by atoms with Gasteiger partial charge < -0.3 is 10.6 Å². The summed E-state index contributed by atoms with van der Waals surface area (Å²) >= 11 is 5.85. The third kappa shape index (κ3) is 1.78. The van der Waals surface area contributed by atoms with Crippen molar-refractivity contribution < 1.29 is 18.0 Å². The van der Waals surface area contributed by atoms with E-state index in [1.165, 1.54) is 18.2 Å². The summed E-state index contributed by atoms with van der Waals surface area (Å²) < 4.78 is 41.3. The van der Waals surface area contributed by atoms with Gasteiger partial charge in [0.1, 0.15) is 0 Å². The zero-order chi connectivity index (χ0) is 14.5. The smallest absolute Gasteiger partial charge is 0.319 e. The van der Waals surface area contributed by atoms with Crippen LogP contribution in [0.5, 0.6) is 0 Å². The zero-order valence-corrected chi connectivity index (χ0v) is 11.1. The van der Waals surface area contributed by atoms with Gasteiger partial charge in [-0.25, -0.2) is 4.79 Å². The first kappa shape index (κ1) is 13.5. The molecule has 0 bridgehead atoms. The lowest BCUT2D eigenvalue weighted by Gasteiger charge is -2.49. The number of nitrogens with one attached hydrogen (secondary N) is 2. The van der Waals surface area contributed by atoms with Crippen LogP contribution in [0.2, 0.25) is 5.02 Å². The number of hydrogen-bond donors (Lipinski definition) is 2. The fourth-order valence-electron chi connectivity index (χ4n) is 2.97. The summed E-state index contributed by atoms with van der Waals surface area (Å²) in [6.45, 7) is 0. The van der Waals surface area contributed by atoms with E-state index in [4.69, 9.17) is 11.6 Å². The Morgan fingerprint density at radius 1 is 1.30 bits per heavy atom. The maximum atomic E-state index is 13.8. The van der Waals surface area contributed by atoms with Gasteiger partial charge >= 0.3 is 12.2 Å². The second-order valence-corrected chi connectivity index (χ2v) is 5.64. The number of urea groups is 1. The molecule has 1 aliphatic carbocycles. The normalized spacial score (nSPS) is 26.3. The molecule has 2 N–H and O–H groups in total. The van der Waals surface area contributed by atoms with Crippen molar-refractivity contribution in [2.24, 2.45) is 5.92 Å². The van der Waals surface area contributed by atoms with E-state index in [0.29, 0.717) is 12.8 Å². The average Bonchev–Trinajstić information content (AvgIpc) is 2.26. The topological polar surface area (TPSA) is 41.1 Å². The Kier molecular flexibility index (Phi) is 2.90. The SMILES string of the molecule is O=C1Nc2ccc(Cl)cc2[C@@](C2CCC2)(C(F)(F)F)N1. The number of alkyl halides is 3. The molecule has 2 amide bonds. The Balaban J connectivity index is 2.24. The molecule has 0 unspecified atom stereocenters. The van der Waals surface area contributed by atoms with Gasteiger partial charge in [-0.05, 0) is 37.0 Å². The van der Waals surface area contributed by atoms with E-state index in [0.717, 1.165) is 6.42 Å². The van der Waals surface area contributed by atoms with E-state index >= 15 is 0 Å². The number of carbonyl (C=O) groups is 1. The van der Waals surface area contributed by atoms with Crippen molar-refractivity contribution in [3.8, 4) is 0 Å². The average molecular weight is 305 g/mol. The maximum absolute atomic E-state index is 13.8. The van der Waals surface area contributed by atoms with Gasteiger partial charge in [-0.1, -0.05) is 18.0 Å². The summed E-state index contributed by atoms with van der Waals surface area (Å²) in [5, 5.41) is 4.75. The first-order chi connectivity index (χ1) is 9.34. The lowest BCUT2D eigenvalue weighted by atomic mass is 9.66. The van der Waals surface area contributed by atoms with Crippen LogP contribution >= 0.6 is 11.6 Å². The third-order valence-corrected chi connectivity index (χ3v) is 4.37. The van der Waals surface area contributed by atoms with Gasteiger partial charge in [-0.15, -0.1) is 0 Å². The highest BCUT2D eigenvalue weighted by Gasteiger charge is 2.64. The van der Waals surface area contributed by atoms with Crippen LogP contribution in [-0.2, 0) is 5.54 Å². The number of benzene rings is 1. The second-order valence-electron chi connectivity index (χ2n) is 5.20. The van der Waals surface area contributed by atoms with Crippen LogP contribution < -0.4 is 10.6 Å². The molecule has 108 valence electrons. The highest BCUT2D eigenvalue weighted by molar-refractivity contribution is 6.30. The summed E-state index contributed by atoms with van der Waals surface area (Å²) in [7, 11) is 0. The van der Waals surface area contributed by atoms with Crippen molar-refractivity contribution in [3.63, 3.8) is 0 Å². The van der Waals surface area contributed by atoms with Crippen LogP contribution in [0.25, 0.3) is 0 Å². The maximum Gasteiger partial charge on any atom is 0.416 e. The Bertz CT molecular complexity index is 571. The van der Waals surface area contributed by atoms with Gasteiger partial charge in [0.2, 0.25) is 0 Å². The fraction of sp³-hybridized carbons (Fsp3) is 0.462. The molecule has 1 heterocycles. The van der Waals surface area contributed by atoms with E-state index in [-0.39, 0.29) is 16.3 Å². The lowest BCUT2D eigenvalue weighted by molar-refractivity contribution is -0.222. The molecule has 1 aliphatic heterocycles. The number of amides is 2. The zero-order valence-electron chi connectivity index (χ0n) is 10.4. The minimum absolute atomic E-state index is 0.00167. The van der Waals surface area contributed by atoms with Crippen LogP contribution in [0.3, 0.4) is 0 Å². The van der Waals surface area contributed by atoms with Crippen molar-refractivity contribution in [2.75, 3.05) is 5.32 Å². The molecule has 3 nitrogen and oxygen atoms in total. The first-order valence-electron chi connectivity index (χ1n) is 6.30. The predicted molar refractivity (Wildman–Crippen MR) is 68.7 cm³/mol. The number of rotatable bonds is 1. The summed E-state index contributed by atoms with van der Waals surface area (Å²) in [6, 6.07) is 3.34. The highest BCUT2D eigenvalue weighted by atomic mass is 35.5. The number of fused-ring (bicyclic) bond motifs is 1. The van der Waals surface area contributed by atoms with E-state index in [1.807, 2.05) is 0 Å². The Morgan fingerprint density at radius 3 is 2.55 bits per heavy atom. The number of hydrogen-bond acceptors (Lipinski definition) is 1. The van der Waals surface area contributed by atoms with E-state index in [2.05, 4.69) is 10.6 Å². The number of halogens is 4. The number of anilines is 1. The van der Waals surface area contributed by atoms with E-state index in [1.54, 1.807) is 0 Å². The van der Waals surface area contributed by atoms with Crippen molar-refractivity contribution >= 4 is 23.3 Å². The molecule has 1 saturated carbocycles. The second kappa shape index (κ2) is 4.28. The Labute approximate surface area is 118 Å². The summed E-state index contributed by atoms with van der Waals surface area (Å²) in [4.78, 5) is 11.7. The molecular weight excluding hydrogens is 293 g/mol. The molecule has 2 aliphatic rings. The van der Waals surface area contributed by atoms with Crippen LogP contribution in [0.4, 0.5) is 23.7 Å². The van der Waals surface area contributed by atoms with E-state index < -0.39 is 23.7 Å². The van der Waals surface area contributed by atoms with Gasteiger partial charge in [0.05, 0.1) is 0 Å². The van der Waals surface area contributed by atoms with Gasteiger partial charge in [-0.2, -0.15) is 13.2 Å². The molecule has 20 heavy (non-hydrogen) atoms. The van der Waals surface area contributed by atoms with Crippen molar-refractivity contribution in [1.29, 1.82) is 0 Å². The van der Waals surface area contributed by atoms with Crippen LogP contribution in [0.15, 0.2) is 18.2 Å². The molecule has 3 rings (SSSR count). The minimum atomic E-state index is -4.57. The summed E-state index contributed by atoms with van der Waals surface area (Å²) in [6.07, 6.45) is -2.96. The Hall–Kier alpha value is -1.43. The van der Waals surface area contributed by atoms with Crippen LogP contribution in [-0.4, -0.2) is 12.2 Å². The van der Waals surface area contributed by atoms with Gasteiger partial charge in [0, 0.05) is 16.3 Å². The van der Waals surface area contributed by atoms with Crippen molar-refractivity contribution in [1.82, 2.24) is 5.32 Å². The van der Waals surface area contributed by atoms with Crippen molar-refractivity contribution in [2.45, 2.75) is 31.0 Å². The fourth-order valence-corrected chi connectivity index (χ4v) is 3.14. The summed E-state index contributed by atoms with van der Waals surface area (Å²) in [5.41, 5.74) is -2.17. The molecule has 0 radical (unpaired) electrons. The first-order valence-corrected chi connectivity index (χ1v) is 6.68. The van der Waals surface area contributed by atoms with Gasteiger partial charge in [-0.3, -0.25) is 0 Å². The lowest BCUT2D eigenvalue weighted by Crippen LogP contribution is -2.65. The monoisotopic (exact) mass is 304 g/mol. The molecule has 1 fully saturated rings. The van der Waals surface area contributed by atoms with Gasteiger partial charge in [0.15, 0.2) is 5.54 Å². The molecule has 0 spiro atoms. The molecule has 0 aromatic heterocycles. The molecule has 1 atom stereocenters. The van der Waals surface area contributed by atoms with E-state index in [9.17, 15) is 18.0 Å². The van der Waals surface area contributed by atoms with Crippen molar-refractivity contribution in [3.05, 3.63) is 28.8 Å². The van der Waals surface area contributed by atoms with Crippen LogP contribution in [0.1, 0.15) is 24.8 Å². The van der Waals surface area contributed by atoms with Crippen LogP contribution in [0, 0.1) is 5.92 Å². The summed E-state index contributed by atoms with van der Waals surface area (Å²) in [5.74, 6) is -0.647. The molecule has 1 aromatic rings. The standard InChI is InChI=1S/C13H12ClF3N2O/c14-8-4-5-10-9(6-8)12(13(15,16)17,7-2-1-3-7)19-11(20)18-10/h4-7H,1-3H2,(H2,18,19,20)/t12-/m0/s1. The molecular formula is C13H12ClF3N2O. The minimum Gasteiger partial charge on any atom is -0.319 e. The number of carbonyl (C=O) groups excluding carboxylic acids is 1. The quantitative estimate of drug-likeness (QED) is 0.808. The molecule has 1 aromatic carbocycles. The van der Waals surface area contributed by atoms with Gasteiger partial charge in [0.25, 0.3) is 0 Å². The molecule has 7 heteroatoms. The highest BCUT2D eigenvalue weighted by Crippen LogP contribution is 2.54. The largest absolute Gasteiger partial charge is 0.416 e. The Morgan fingerprint density at radius 2 is 2.00 bits per heavy atom. The predicted octanol–water partition coefficient (Wildman–Crippen LogP) is 4.03. The third-order valence-electron chi connectivity index (χ3n) is 4.13. The molecule has 0 saturated heterocycles.